The molecule has 0 aliphatic carbocycles. The second-order valence-electron chi connectivity index (χ2n) is 5.49. The van der Waals surface area contributed by atoms with Gasteiger partial charge in [0.15, 0.2) is 0 Å². The molecule has 2 aromatic carbocycles. The Morgan fingerprint density at radius 2 is 1.71 bits per heavy atom. The van der Waals surface area contributed by atoms with Crippen molar-refractivity contribution in [3.8, 4) is 0 Å². The van der Waals surface area contributed by atoms with E-state index in [0.29, 0.717) is 18.7 Å². The molecule has 0 atom stereocenters. The van der Waals surface area contributed by atoms with Gasteiger partial charge in [0.05, 0.1) is 22.5 Å². The van der Waals surface area contributed by atoms with Crippen LogP contribution in [0.25, 0.3) is 0 Å². The number of nitrogens with one attached hydrogen (secondary N) is 1. The fourth-order valence-electron chi connectivity index (χ4n) is 2.59. The maximum atomic E-state index is 12.9. The number of fused-ring (bicyclic) bond motifs is 1. The molecule has 0 radical (unpaired) electrons. The SMILES string of the molecule is CS(=O)(=O)N1CCc2ccc(NS(=O)(=O)c3ccc(F)cc3)cc21. The van der Waals surface area contributed by atoms with Gasteiger partial charge in [-0.2, -0.15) is 0 Å². The smallest absolute Gasteiger partial charge is 0.261 e. The van der Waals surface area contributed by atoms with E-state index >= 15 is 0 Å². The van der Waals surface area contributed by atoms with Gasteiger partial charge in [-0.1, -0.05) is 6.07 Å². The van der Waals surface area contributed by atoms with Gasteiger partial charge in [0, 0.05) is 6.54 Å². The van der Waals surface area contributed by atoms with E-state index in [1.807, 2.05) is 0 Å². The molecule has 0 saturated carbocycles. The van der Waals surface area contributed by atoms with E-state index < -0.39 is 25.9 Å². The molecule has 6 nitrogen and oxygen atoms in total. The monoisotopic (exact) mass is 370 g/mol. The molecule has 9 heteroatoms. The quantitative estimate of drug-likeness (QED) is 0.892. The highest BCUT2D eigenvalue weighted by Gasteiger charge is 2.26. The Labute approximate surface area is 140 Å². The summed E-state index contributed by atoms with van der Waals surface area (Å²) in [5, 5.41) is 0. The van der Waals surface area contributed by atoms with Crippen LogP contribution >= 0.6 is 0 Å². The minimum atomic E-state index is -3.89. The Bertz CT molecular complexity index is 987. The van der Waals surface area contributed by atoms with E-state index in [2.05, 4.69) is 4.72 Å². The molecule has 1 heterocycles. The second-order valence-corrected chi connectivity index (χ2v) is 9.08. The van der Waals surface area contributed by atoms with Crippen LogP contribution < -0.4 is 9.03 Å². The van der Waals surface area contributed by atoms with Crippen LogP contribution in [0.2, 0.25) is 0 Å². The first-order valence-electron chi connectivity index (χ1n) is 7.06. The normalized spacial score (nSPS) is 14.5. The number of hydrogen-bond donors (Lipinski definition) is 1. The molecule has 0 spiro atoms. The van der Waals surface area contributed by atoms with Crippen LogP contribution in [0.4, 0.5) is 15.8 Å². The van der Waals surface area contributed by atoms with Crippen LogP contribution in [-0.2, 0) is 26.5 Å². The zero-order chi connectivity index (χ0) is 17.5. The van der Waals surface area contributed by atoms with Crippen LogP contribution in [0.1, 0.15) is 5.56 Å². The molecular weight excluding hydrogens is 355 g/mol. The third-order valence-corrected chi connectivity index (χ3v) is 6.29. The lowest BCUT2D eigenvalue weighted by Crippen LogP contribution is -2.27. The van der Waals surface area contributed by atoms with Crippen molar-refractivity contribution in [2.24, 2.45) is 0 Å². The number of sulfonamides is 2. The Morgan fingerprint density at radius 1 is 1.04 bits per heavy atom. The van der Waals surface area contributed by atoms with Crippen molar-refractivity contribution >= 4 is 31.4 Å². The van der Waals surface area contributed by atoms with E-state index in [0.717, 1.165) is 36.1 Å². The molecule has 0 fully saturated rings. The Morgan fingerprint density at radius 3 is 2.33 bits per heavy atom. The maximum Gasteiger partial charge on any atom is 0.261 e. The standard InChI is InChI=1S/C15H15FN2O4S2/c1-23(19,20)18-9-8-11-2-5-13(10-15(11)18)17-24(21,22)14-6-3-12(16)4-7-14/h2-7,10,17H,8-9H2,1H3. The van der Waals surface area contributed by atoms with Crippen LogP contribution in [0.15, 0.2) is 47.4 Å². The fraction of sp³-hybridized carbons (Fsp3) is 0.200. The predicted octanol–water partition coefficient (Wildman–Crippen LogP) is 1.95. The number of nitrogens with zero attached hydrogens (tertiary/aromatic N) is 1. The number of hydrogen-bond acceptors (Lipinski definition) is 4. The minimum absolute atomic E-state index is 0.0793. The molecule has 0 unspecified atom stereocenters. The first-order valence-corrected chi connectivity index (χ1v) is 10.4. The third-order valence-electron chi connectivity index (χ3n) is 3.71. The van der Waals surface area contributed by atoms with Crippen molar-refractivity contribution in [2.75, 3.05) is 21.8 Å². The van der Waals surface area contributed by atoms with Crippen LogP contribution in [0.5, 0.6) is 0 Å². The summed E-state index contributed by atoms with van der Waals surface area (Å²) in [6, 6.07) is 9.20. The Hall–Kier alpha value is -2.13. The largest absolute Gasteiger partial charge is 0.280 e. The van der Waals surface area contributed by atoms with E-state index in [1.54, 1.807) is 12.1 Å². The van der Waals surface area contributed by atoms with E-state index in [9.17, 15) is 21.2 Å². The van der Waals surface area contributed by atoms with Gasteiger partial charge in [0.25, 0.3) is 10.0 Å². The molecule has 3 rings (SSSR count). The van der Waals surface area contributed by atoms with Gasteiger partial charge in [0.1, 0.15) is 5.82 Å². The van der Waals surface area contributed by atoms with Gasteiger partial charge < -0.3 is 0 Å². The first kappa shape index (κ1) is 16.7. The summed E-state index contributed by atoms with van der Waals surface area (Å²) in [5.74, 6) is -0.532. The molecule has 1 N–H and O–H groups in total. The van der Waals surface area contributed by atoms with E-state index in [1.165, 1.54) is 10.4 Å². The highest BCUT2D eigenvalue weighted by molar-refractivity contribution is 7.92. The summed E-state index contributed by atoms with van der Waals surface area (Å²) in [6.07, 6.45) is 1.69. The van der Waals surface area contributed by atoms with Crippen LogP contribution in [-0.4, -0.2) is 29.6 Å². The van der Waals surface area contributed by atoms with Gasteiger partial charge in [-0.3, -0.25) is 9.03 Å². The highest BCUT2D eigenvalue weighted by atomic mass is 32.2. The average molecular weight is 370 g/mol. The summed E-state index contributed by atoms with van der Waals surface area (Å²) in [5.41, 5.74) is 1.55. The summed E-state index contributed by atoms with van der Waals surface area (Å²) in [6.45, 7) is 0.336. The number of rotatable bonds is 4. The lowest BCUT2D eigenvalue weighted by Gasteiger charge is -2.17. The first-order chi connectivity index (χ1) is 11.2. The number of benzene rings is 2. The summed E-state index contributed by atoms with van der Waals surface area (Å²) in [4.78, 5) is -0.0793. The lowest BCUT2D eigenvalue weighted by atomic mass is 10.1. The topological polar surface area (TPSA) is 83.6 Å². The summed E-state index contributed by atoms with van der Waals surface area (Å²) < 4.78 is 64.8. The van der Waals surface area contributed by atoms with Crippen molar-refractivity contribution in [3.63, 3.8) is 0 Å². The average Bonchev–Trinajstić information content (AvgIpc) is 2.90. The van der Waals surface area contributed by atoms with Gasteiger partial charge in [-0.25, -0.2) is 21.2 Å². The molecule has 2 aromatic rings. The molecule has 1 aliphatic heterocycles. The molecule has 128 valence electrons. The van der Waals surface area contributed by atoms with Gasteiger partial charge in [0.2, 0.25) is 10.0 Å². The van der Waals surface area contributed by atoms with Crippen molar-refractivity contribution in [3.05, 3.63) is 53.8 Å². The van der Waals surface area contributed by atoms with Crippen molar-refractivity contribution in [1.29, 1.82) is 0 Å². The predicted molar refractivity (Wildman–Crippen MR) is 89.5 cm³/mol. The molecule has 0 bridgehead atoms. The molecule has 0 amide bonds. The van der Waals surface area contributed by atoms with E-state index in [4.69, 9.17) is 0 Å². The van der Waals surface area contributed by atoms with Crippen LogP contribution in [0, 0.1) is 5.82 Å². The van der Waals surface area contributed by atoms with Gasteiger partial charge in [-0.05, 0) is 48.4 Å². The van der Waals surface area contributed by atoms with E-state index in [-0.39, 0.29) is 10.6 Å². The van der Waals surface area contributed by atoms with Crippen molar-refractivity contribution < 1.29 is 21.2 Å². The maximum absolute atomic E-state index is 12.9. The van der Waals surface area contributed by atoms with Gasteiger partial charge >= 0.3 is 0 Å². The summed E-state index contributed by atoms with van der Waals surface area (Å²) >= 11 is 0. The Balaban J connectivity index is 1.93. The molecule has 0 aromatic heterocycles. The minimum Gasteiger partial charge on any atom is -0.280 e. The number of halogens is 1. The third kappa shape index (κ3) is 3.22. The Kier molecular flexibility index (Phi) is 4.00. The zero-order valence-electron chi connectivity index (χ0n) is 12.7. The zero-order valence-corrected chi connectivity index (χ0v) is 14.4. The molecule has 1 aliphatic rings. The van der Waals surface area contributed by atoms with Gasteiger partial charge in [-0.15, -0.1) is 0 Å². The molecular formula is C15H15FN2O4S2. The van der Waals surface area contributed by atoms with Crippen molar-refractivity contribution in [2.45, 2.75) is 11.3 Å². The number of anilines is 2. The summed E-state index contributed by atoms with van der Waals surface area (Å²) in [7, 11) is -7.30. The van der Waals surface area contributed by atoms with Crippen LogP contribution in [0.3, 0.4) is 0 Å². The fourth-order valence-corrected chi connectivity index (χ4v) is 4.59. The highest BCUT2D eigenvalue weighted by Crippen LogP contribution is 2.33. The van der Waals surface area contributed by atoms with Crippen molar-refractivity contribution in [1.82, 2.24) is 0 Å². The lowest BCUT2D eigenvalue weighted by molar-refractivity contribution is 0.597. The molecule has 0 saturated heterocycles. The molecule has 24 heavy (non-hydrogen) atoms. The second kappa shape index (κ2) is 5.75.